The van der Waals surface area contributed by atoms with Gasteiger partial charge in [-0.1, -0.05) is 39.8 Å². The van der Waals surface area contributed by atoms with Gasteiger partial charge in [-0.15, -0.1) is 0 Å². The summed E-state index contributed by atoms with van der Waals surface area (Å²) in [7, 11) is 0. The van der Waals surface area contributed by atoms with Crippen LogP contribution in [0.2, 0.25) is 0 Å². The van der Waals surface area contributed by atoms with Gasteiger partial charge in [0.1, 0.15) is 6.04 Å². The van der Waals surface area contributed by atoms with E-state index in [0.717, 1.165) is 0 Å². The SMILES string of the molecule is CC(C)C[C@H](N)C(=O)NC(C)c1nc(C(C)(C)C)no1. The Kier molecular flexibility index (Phi) is 5.28. The molecule has 0 saturated heterocycles. The van der Waals surface area contributed by atoms with Crippen LogP contribution in [0, 0.1) is 5.92 Å². The van der Waals surface area contributed by atoms with E-state index in [9.17, 15) is 4.79 Å². The Balaban J connectivity index is 2.65. The Labute approximate surface area is 120 Å². The van der Waals surface area contributed by atoms with Gasteiger partial charge in [0.25, 0.3) is 0 Å². The molecule has 1 aromatic rings. The summed E-state index contributed by atoms with van der Waals surface area (Å²) in [6.45, 7) is 11.9. The van der Waals surface area contributed by atoms with E-state index in [1.807, 2.05) is 34.6 Å². The normalized spacial score (nSPS) is 15.2. The van der Waals surface area contributed by atoms with E-state index < -0.39 is 6.04 Å². The summed E-state index contributed by atoms with van der Waals surface area (Å²) in [5, 5.41) is 6.75. The first-order chi connectivity index (χ1) is 9.11. The number of hydrogen-bond acceptors (Lipinski definition) is 5. The summed E-state index contributed by atoms with van der Waals surface area (Å²) in [5.74, 6) is 1.21. The summed E-state index contributed by atoms with van der Waals surface area (Å²) in [6.07, 6.45) is 0.648. The third kappa shape index (κ3) is 4.59. The molecule has 0 spiro atoms. The van der Waals surface area contributed by atoms with Crippen LogP contribution in [-0.2, 0) is 10.2 Å². The molecule has 0 fully saturated rings. The average Bonchev–Trinajstić information content (AvgIpc) is 2.76. The lowest BCUT2D eigenvalue weighted by Crippen LogP contribution is -2.42. The molecule has 0 bridgehead atoms. The Morgan fingerprint density at radius 2 is 1.95 bits per heavy atom. The van der Waals surface area contributed by atoms with Gasteiger partial charge in [-0.3, -0.25) is 4.79 Å². The maximum Gasteiger partial charge on any atom is 0.248 e. The highest BCUT2D eigenvalue weighted by Gasteiger charge is 2.25. The van der Waals surface area contributed by atoms with Crippen LogP contribution in [0.5, 0.6) is 0 Å². The number of carbonyl (C=O) groups excluding carboxylic acids is 1. The Morgan fingerprint density at radius 1 is 1.35 bits per heavy atom. The summed E-state index contributed by atoms with van der Waals surface area (Å²) in [6, 6.07) is -0.855. The molecule has 0 aliphatic heterocycles. The number of rotatable bonds is 5. The second kappa shape index (κ2) is 6.35. The van der Waals surface area contributed by atoms with E-state index in [0.29, 0.717) is 24.1 Å². The van der Waals surface area contributed by atoms with Crippen molar-refractivity contribution in [3.63, 3.8) is 0 Å². The predicted molar refractivity (Wildman–Crippen MR) is 77.0 cm³/mol. The van der Waals surface area contributed by atoms with Crippen molar-refractivity contribution in [3.8, 4) is 0 Å². The van der Waals surface area contributed by atoms with Crippen molar-refractivity contribution in [3.05, 3.63) is 11.7 Å². The molecule has 6 heteroatoms. The fourth-order valence-corrected chi connectivity index (χ4v) is 1.71. The molecule has 1 unspecified atom stereocenters. The topological polar surface area (TPSA) is 94.0 Å². The molecule has 1 heterocycles. The van der Waals surface area contributed by atoms with Crippen LogP contribution in [0.3, 0.4) is 0 Å². The van der Waals surface area contributed by atoms with E-state index >= 15 is 0 Å². The number of nitrogens with two attached hydrogens (primary N) is 1. The molecule has 1 aromatic heterocycles. The maximum absolute atomic E-state index is 11.9. The first-order valence-electron chi connectivity index (χ1n) is 7.01. The number of hydrogen-bond donors (Lipinski definition) is 2. The van der Waals surface area contributed by atoms with Gasteiger partial charge in [0.15, 0.2) is 5.82 Å². The standard InChI is InChI=1S/C14H26N4O2/c1-8(2)7-10(15)11(19)16-9(3)12-17-13(18-20-12)14(4,5)6/h8-10H,7,15H2,1-6H3,(H,16,19)/t9?,10-/m0/s1. The lowest BCUT2D eigenvalue weighted by molar-refractivity contribution is -0.123. The molecule has 0 aliphatic rings. The van der Waals surface area contributed by atoms with Crippen molar-refractivity contribution in [2.75, 3.05) is 0 Å². The van der Waals surface area contributed by atoms with E-state index in [-0.39, 0.29) is 17.4 Å². The Bertz CT molecular complexity index is 448. The van der Waals surface area contributed by atoms with Crippen molar-refractivity contribution in [1.82, 2.24) is 15.5 Å². The maximum atomic E-state index is 11.9. The molecular formula is C14H26N4O2. The number of nitrogens with one attached hydrogen (secondary N) is 1. The minimum Gasteiger partial charge on any atom is -0.343 e. The zero-order valence-electron chi connectivity index (χ0n) is 13.2. The molecule has 114 valence electrons. The zero-order chi connectivity index (χ0) is 15.5. The fraction of sp³-hybridized carbons (Fsp3) is 0.786. The monoisotopic (exact) mass is 282 g/mol. The first kappa shape index (κ1) is 16.6. The molecule has 0 saturated carbocycles. The molecule has 2 atom stereocenters. The number of nitrogens with zero attached hydrogens (tertiary/aromatic N) is 2. The van der Waals surface area contributed by atoms with Gasteiger partial charge in [-0.25, -0.2) is 0 Å². The van der Waals surface area contributed by atoms with Gasteiger partial charge in [0.2, 0.25) is 11.8 Å². The van der Waals surface area contributed by atoms with E-state index in [1.54, 1.807) is 6.92 Å². The molecule has 0 aromatic carbocycles. The third-order valence-electron chi connectivity index (χ3n) is 2.90. The summed E-state index contributed by atoms with van der Waals surface area (Å²) in [5.41, 5.74) is 5.66. The highest BCUT2D eigenvalue weighted by Crippen LogP contribution is 2.20. The second-order valence-corrected chi connectivity index (χ2v) is 6.67. The highest BCUT2D eigenvalue weighted by molar-refractivity contribution is 5.81. The average molecular weight is 282 g/mol. The number of carbonyl (C=O) groups is 1. The van der Waals surface area contributed by atoms with Crippen molar-refractivity contribution >= 4 is 5.91 Å². The van der Waals surface area contributed by atoms with Crippen LogP contribution >= 0.6 is 0 Å². The summed E-state index contributed by atoms with van der Waals surface area (Å²) < 4.78 is 5.20. The van der Waals surface area contributed by atoms with Gasteiger partial charge in [0, 0.05) is 5.41 Å². The van der Waals surface area contributed by atoms with Crippen molar-refractivity contribution in [2.45, 2.75) is 65.5 Å². The first-order valence-corrected chi connectivity index (χ1v) is 7.01. The van der Waals surface area contributed by atoms with Crippen molar-refractivity contribution in [2.24, 2.45) is 11.7 Å². The smallest absolute Gasteiger partial charge is 0.248 e. The zero-order valence-corrected chi connectivity index (χ0v) is 13.2. The second-order valence-electron chi connectivity index (χ2n) is 6.67. The van der Waals surface area contributed by atoms with Crippen LogP contribution in [0.4, 0.5) is 0 Å². The van der Waals surface area contributed by atoms with Crippen LogP contribution in [-0.4, -0.2) is 22.1 Å². The van der Waals surface area contributed by atoms with Gasteiger partial charge >= 0.3 is 0 Å². The van der Waals surface area contributed by atoms with E-state index in [4.69, 9.17) is 10.3 Å². The largest absolute Gasteiger partial charge is 0.343 e. The van der Waals surface area contributed by atoms with Crippen molar-refractivity contribution in [1.29, 1.82) is 0 Å². The minimum atomic E-state index is -0.512. The minimum absolute atomic E-state index is 0.181. The third-order valence-corrected chi connectivity index (χ3v) is 2.90. The Morgan fingerprint density at radius 3 is 2.40 bits per heavy atom. The van der Waals surface area contributed by atoms with Gasteiger partial charge in [-0.05, 0) is 19.3 Å². The summed E-state index contributed by atoms with van der Waals surface area (Å²) >= 11 is 0. The lowest BCUT2D eigenvalue weighted by atomic mass is 9.96. The van der Waals surface area contributed by atoms with Gasteiger partial charge in [0.05, 0.1) is 6.04 Å². The fourth-order valence-electron chi connectivity index (χ4n) is 1.71. The molecule has 1 amide bonds. The lowest BCUT2D eigenvalue weighted by Gasteiger charge is -2.16. The molecule has 3 N–H and O–H groups in total. The van der Waals surface area contributed by atoms with Gasteiger partial charge < -0.3 is 15.6 Å². The Hall–Kier alpha value is -1.43. The van der Waals surface area contributed by atoms with Gasteiger partial charge in [-0.2, -0.15) is 4.98 Å². The molecule has 20 heavy (non-hydrogen) atoms. The molecule has 1 rings (SSSR count). The van der Waals surface area contributed by atoms with E-state index in [2.05, 4.69) is 15.5 Å². The number of aromatic nitrogens is 2. The van der Waals surface area contributed by atoms with Crippen molar-refractivity contribution < 1.29 is 9.32 Å². The van der Waals surface area contributed by atoms with Crippen LogP contribution in [0.15, 0.2) is 4.52 Å². The predicted octanol–water partition coefficient (Wildman–Crippen LogP) is 1.92. The highest BCUT2D eigenvalue weighted by atomic mass is 16.5. The van der Waals surface area contributed by atoms with Crippen LogP contribution in [0.1, 0.15) is 65.7 Å². The molecular weight excluding hydrogens is 256 g/mol. The van der Waals surface area contributed by atoms with E-state index in [1.165, 1.54) is 0 Å². The van der Waals surface area contributed by atoms with Crippen LogP contribution in [0.25, 0.3) is 0 Å². The number of amides is 1. The molecule has 0 radical (unpaired) electrons. The quantitative estimate of drug-likeness (QED) is 0.860. The van der Waals surface area contributed by atoms with Crippen LogP contribution < -0.4 is 11.1 Å². The molecule has 6 nitrogen and oxygen atoms in total. The summed E-state index contributed by atoms with van der Waals surface area (Å²) in [4.78, 5) is 16.3. The molecule has 0 aliphatic carbocycles.